The van der Waals surface area contributed by atoms with Crippen LogP contribution < -0.4 is 0 Å². The van der Waals surface area contributed by atoms with E-state index in [1.165, 1.54) is 0 Å². The predicted octanol–water partition coefficient (Wildman–Crippen LogP) is 10.2. The lowest BCUT2D eigenvalue weighted by molar-refractivity contribution is 0.448. The van der Waals surface area contributed by atoms with Gasteiger partial charge in [0.2, 0.25) is 0 Å². The molecular weight excluding hydrogens is 619 g/mol. The summed E-state index contributed by atoms with van der Waals surface area (Å²) in [5.74, 6) is -4.09. The van der Waals surface area contributed by atoms with Gasteiger partial charge in [0, 0.05) is 32.8 Å². The minimum Gasteiger partial charge on any atom is -0.247 e. The molecule has 6 aromatic carbocycles. The molecule has 0 spiro atoms. The third kappa shape index (κ3) is 5.00. The molecule has 0 saturated carbocycles. The summed E-state index contributed by atoms with van der Waals surface area (Å²) in [6.07, 6.45) is 0. The SMILES string of the molecule is N#Cc1ccc(-c2nc3ccc4c(-c5ccccc5-c5cc(F)c(F)c(F)c5)nc5ccccc5c4c3nc2-c2ccc(C#N)cc2)cc1. The number of hydrogen-bond donors (Lipinski definition) is 0. The molecule has 230 valence electrons. The van der Waals surface area contributed by atoms with Gasteiger partial charge in [0.15, 0.2) is 17.5 Å². The normalized spacial score (nSPS) is 11.1. The topological polar surface area (TPSA) is 86.2 Å². The molecule has 0 unspecified atom stereocenters. The first kappa shape index (κ1) is 29.5. The van der Waals surface area contributed by atoms with E-state index < -0.39 is 17.5 Å². The Labute approximate surface area is 277 Å². The monoisotopic (exact) mass is 639 g/mol. The zero-order valence-corrected chi connectivity index (χ0v) is 25.4. The standard InChI is InChI=1S/C41H20F3N5/c42-32-19-27(20-33(43)37(32)44)28-5-1-2-6-29(28)40-31-17-18-35-41(36(31)30-7-3-4-8-34(30)47-40)49-39(26-15-11-24(22-46)12-16-26)38(48-35)25-13-9-23(21-45)10-14-25/h1-20H. The molecule has 8 rings (SSSR count). The van der Waals surface area contributed by atoms with Gasteiger partial charge in [0.05, 0.1) is 56.9 Å². The molecule has 2 heterocycles. The number of pyridine rings is 1. The van der Waals surface area contributed by atoms with Crippen molar-refractivity contribution in [3.05, 3.63) is 150 Å². The Hall–Kier alpha value is -6.90. The van der Waals surface area contributed by atoms with Crippen molar-refractivity contribution in [1.29, 1.82) is 10.5 Å². The Morgan fingerprint density at radius 1 is 0.469 bits per heavy atom. The van der Waals surface area contributed by atoms with E-state index in [0.29, 0.717) is 55.9 Å². The van der Waals surface area contributed by atoms with Gasteiger partial charge in [0.25, 0.3) is 0 Å². The number of rotatable bonds is 4. The molecule has 8 aromatic rings. The second-order valence-electron chi connectivity index (χ2n) is 11.4. The van der Waals surface area contributed by atoms with Crippen LogP contribution in [0.2, 0.25) is 0 Å². The number of para-hydroxylation sites is 1. The summed E-state index contributed by atoms with van der Waals surface area (Å²) in [4.78, 5) is 15.4. The summed E-state index contributed by atoms with van der Waals surface area (Å²) in [5.41, 5.74) is 7.39. The third-order valence-corrected chi connectivity index (χ3v) is 8.55. The van der Waals surface area contributed by atoms with E-state index in [2.05, 4.69) is 12.1 Å². The molecule has 8 heteroatoms. The minimum atomic E-state index is -1.53. The second-order valence-corrected chi connectivity index (χ2v) is 11.4. The summed E-state index contributed by atoms with van der Waals surface area (Å²) >= 11 is 0. The van der Waals surface area contributed by atoms with Gasteiger partial charge in [-0.2, -0.15) is 10.5 Å². The Bertz CT molecular complexity index is 2690. The lowest BCUT2D eigenvalue weighted by Gasteiger charge is -2.16. The molecule has 0 saturated heterocycles. The summed E-state index contributed by atoms with van der Waals surface area (Å²) in [6.45, 7) is 0. The van der Waals surface area contributed by atoms with E-state index in [-0.39, 0.29) is 5.56 Å². The number of aromatic nitrogens is 3. The van der Waals surface area contributed by atoms with Crippen LogP contribution in [0.4, 0.5) is 13.2 Å². The van der Waals surface area contributed by atoms with Gasteiger partial charge in [-0.3, -0.25) is 0 Å². The maximum absolute atomic E-state index is 14.4. The molecule has 0 atom stereocenters. The van der Waals surface area contributed by atoms with Gasteiger partial charge in [0.1, 0.15) is 0 Å². The van der Waals surface area contributed by atoms with Crippen molar-refractivity contribution in [3.63, 3.8) is 0 Å². The van der Waals surface area contributed by atoms with Crippen molar-refractivity contribution in [3.8, 4) is 57.0 Å². The van der Waals surface area contributed by atoms with Crippen LogP contribution >= 0.6 is 0 Å². The van der Waals surface area contributed by atoms with Crippen LogP contribution in [-0.2, 0) is 0 Å². The second kappa shape index (κ2) is 11.7. The predicted molar refractivity (Wildman–Crippen MR) is 183 cm³/mol. The van der Waals surface area contributed by atoms with Gasteiger partial charge >= 0.3 is 0 Å². The van der Waals surface area contributed by atoms with E-state index >= 15 is 0 Å². The summed E-state index contributed by atoms with van der Waals surface area (Å²) in [6, 6.07) is 39.0. The van der Waals surface area contributed by atoms with Gasteiger partial charge in [-0.05, 0) is 65.7 Å². The highest BCUT2D eigenvalue weighted by Gasteiger charge is 2.21. The summed E-state index contributed by atoms with van der Waals surface area (Å²) < 4.78 is 42.8. The van der Waals surface area contributed by atoms with Crippen molar-refractivity contribution in [2.45, 2.75) is 0 Å². The average Bonchev–Trinajstić information content (AvgIpc) is 3.15. The van der Waals surface area contributed by atoms with Crippen LogP contribution in [0.3, 0.4) is 0 Å². The fourth-order valence-corrected chi connectivity index (χ4v) is 6.22. The highest BCUT2D eigenvalue weighted by Crippen LogP contribution is 2.41. The first-order valence-electron chi connectivity index (χ1n) is 15.2. The number of nitrogens with zero attached hydrogens (tertiary/aromatic N) is 5. The molecule has 0 aliphatic rings. The van der Waals surface area contributed by atoms with Crippen molar-refractivity contribution >= 4 is 32.7 Å². The lowest BCUT2D eigenvalue weighted by atomic mass is 9.92. The number of nitriles is 2. The van der Waals surface area contributed by atoms with Crippen LogP contribution in [0, 0.1) is 40.1 Å². The molecule has 0 aliphatic carbocycles. The maximum Gasteiger partial charge on any atom is 0.194 e. The highest BCUT2D eigenvalue weighted by molar-refractivity contribution is 6.21. The van der Waals surface area contributed by atoms with Crippen molar-refractivity contribution in [2.24, 2.45) is 0 Å². The quantitative estimate of drug-likeness (QED) is 0.141. The lowest BCUT2D eigenvalue weighted by Crippen LogP contribution is -1.99. The van der Waals surface area contributed by atoms with Crippen LogP contribution in [0.15, 0.2) is 121 Å². The van der Waals surface area contributed by atoms with Gasteiger partial charge < -0.3 is 0 Å². The Morgan fingerprint density at radius 2 is 1.02 bits per heavy atom. The molecule has 0 N–H and O–H groups in total. The number of fused-ring (bicyclic) bond motifs is 5. The number of hydrogen-bond acceptors (Lipinski definition) is 5. The molecule has 5 nitrogen and oxygen atoms in total. The third-order valence-electron chi connectivity index (χ3n) is 8.55. The van der Waals surface area contributed by atoms with E-state index in [1.54, 1.807) is 36.4 Å². The smallest absolute Gasteiger partial charge is 0.194 e. The Morgan fingerprint density at radius 3 is 1.65 bits per heavy atom. The highest BCUT2D eigenvalue weighted by atomic mass is 19.2. The van der Waals surface area contributed by atoms with Crippen LogP contribution in [0.5, 0.6) is 0 Å². The fourth-order valence-electron chi connectivity index (χ4n) is 6.22. The Kier molecular flexibility index (Phi) is 7.05. The molecule has 0 aliphatic heterocycles. The van der Waals surface area contributed by atoms with E-state index in [1.807, 2.05) is 72.8 Å². The van der Waals surface area contributed by atoms with Crippen molar-refractivity contribution in [1.82, 2.24) is 15.0 Å². The number of benzene rings is 6. The van der Waals surface area contributed by atoms with Crippen molar-refractivity contribution < 1.29 is 13.2 Å². The van der Waals surface area contributed by atoms with E-state index in [0.717, 1.165) is 39.4 Å². The number of halogens is 3. The first-order chi connectivity index (χ1) is 23.9. The van der Waals surface area contributed by atoms with Crippen LogP contribution in [0.1, 0.15) is 11.1 Å². The zero-order valence-electron chi connectivity index (χ0n) is 25.4. The Balaban J connectivity index is 1.46. The molecular formula is C41H20F3N5. The van der Waals surface area contributed by atoms with Crippen LogP contribution in [0.25, 0.3) is 77.6 Å². The zero-order chi connectivity index (χ0) is 33.6. The van der Waals surface area contributed by atoms with Crippen LogP contribution in [-0.4, -0.2) is 15.0 Å². The van der Waals surface area contributed by atoms with Gasteiger partial charge in [-0.25, -0.2) is 28.1 Å². The largest absolute Gasteiger partial charge is 0.247 e. The summed E-state index contributed by atoms with van der Waals surface area (Å²) in [7, 11) is 0. The maximum atomic E-state index is 14.4. The minimum absolute atomic E-state index is 0.172. The molecule has 0 radical (unpaired) electrons. The van der Waals surface area contributed by atoms with Gasteiger partial charge in [-0.1, -0.05) is 66.7 Å². The fraction of sp³-hybridized carbons (Fsp3) is 0. The first-order valence-corrected chi connectivity index (χ1v) is 15.2. The molecule has 2 aromatic heterocycles. The molecule has 0 fully saturated rings. The molecule has 0 bridgehead atoms. The van der Waals surface area contributed by atoms with Gasteiger partial charge in [-0.15, -0.1) is 0 Å². The average molecular weight is 640 g/mol. The molecule has 0 amide bonds. The van der Waals surface area contributed by atoms with Crippen molar-refractivity contribution in [2.75, 3.05) is 0 Å². The molecule has 49 heavy (non-hydrogen) atoms. The van der Waals surface area contributed by atoms with E-state index in [4.69, 9.17) is 15.0 Å². The summed E-state index contributed by atoms with van der Waals surface area (Å²) in [5, 5.41) is 21.1. The van der Waals surface area contributed by atoms with E-state index in [9.17, 15) is 23.7 Å².